The number of aliphatic hydroxyl groups is 2. The number of hydrogen-bond acceptors (Lipinski definition) is 4. The Morgan fingerprint density at radius 3 is 2.38 bits per heavy atom. The molecule has 0 fully saturated rings. The summed E-state index contributed by atoms with van der Waals surface area (Å²) < 4.78 is 10.4. The van der Waals surface area contributed by atoms with Crippen molar-refractivity contribution in [3.05, 3.63) is 23.3 Å². The third kappa shape index (κ3) is 2.65. The lowest BCUT2D eigenvalue weighted by Gasteiger charge is -2.15. The highest BCUT2D eigenvalue weighted by molar-refractivity contribution is 5.50. The van der Waals surface area contributed by atoms with Gasteiger partial charge in [0.1, 0.15) is 0 Å². The Morgan fingerprint density at radius 1 is 1.12 bits per heavy atom. The maximum atomic E-state index is 9.35. The average molecular weight is 226 g/mol. The standard InChI is InChI=1S/C12H18O4/c1-15-11-6-5-9(4-3-7-13)10(8-14)12(11)16-2/h5-6,13-14H,3-4,7-8H2,1-2H3. The van der Waals surface area contributed by atoms with Crippen LogP contribution in [0.4, 0.5) is 0 Å². The van der Waals surface area contributed by atoms with Crippen molar-refractivity contribution in [1.29, 1.82) is 0 Å². The molecule has 0 atom stereocenters. The van der Waals surface area contributed by atoms with Crippen molar-refractivity contribution >= 4 is 0 Å². The van der Waals surface area contributed by atoms with Crippen LogP contribution in [-0.2, 0) is 13.0 Å². The maximum absolute atomic E-state index is 9.35. The van der Waals surface area contributed by atoms with Gasteiger partial charge in [-0.25, -0.2) is 0 Å². The van der Waals surface area contributed by atoms with Crippen LogP contribution < -0.4 is 9.47 Å². The number of hydrogen-bond donors (Lipinski definition) is 2. The molecular formula is C12H18O4. The zero-order chi connectivity index (χ0) is 12.0. The van der Waals surface area contributed by atoms with Crippen molar-refractivity contribution < 1.29 is 19.7 Å². The van der Waals surface area contributed by atoms with Gasteiger partial charge in [-0.1, -0.05) is 6.07 Å². The quantitative estimate of drug-likeness (QED) is 0.763. The van der Waals surface area contributed by atoms with E-state index in [0.29, 0.717) is 24.3 Å². The summed E-state index contributed by atoms with van der Waals surface area (Å²) >= 11 is 0. The molecule has 0 aliphatic rings. The minimum absolute atomic E-state index is 0.0961. The molecule has 0 aliphatic heterocycles. The molecule has 0 radical (unpaired) electrons. The largest absolute Gasteiger partial charge is 0.493 e. The number of aliphatic hydroxyl groups excluding tert-OH is 2. The molecule has 1 rings (SSSR count). The van der Waals surface area contributed by atoms with Crippen LogP contribution in [0.25, 0.3) is 0 Å². The van der Waals surface area contributed by atoms with Crippen LogP contribution in [0.15, 0.2) is 12.1 Å². The molecule has 0 bridgehead atoms. The number of ether oxygens (including phenoxy) is 2. The van der Waals surface area contributed by atoms with E-state index in [-0.39, 0.29) is 13.2 Å². The normalized spacial score (nSPS) is 10.2. The Labute approximate surface area is 95.4 Å². The first-order valence-corrected chi connectivity index (χ1v) is 5.22. The SMILES string of the molecule is COc1ccc(CCCO)c(CO)c1OC. The van der Waals surface area contributed by atoms with Gasteiger partial charge in [0.2, 0.25) is 0 Å². The number of aryl methyl sites for hydroxylation is 1. The highest BCUT2D eigenvalue weighted by Crippen LogP contribution is 2.33. The summed E-state index contributed by atoms with van der Waals surface area (Å²) in [6.07, 6.45) is 1.38. The minimum atomic E-state index is -0.0961. The first-order chi connectivity index (χ1) is 7.78. The average Bonchev–Trinajstić information content (AvgIpc) is 2.34. The first-order valence-electron chi connectivity index (χ1n) is 5.22. The molecule has 4 heteroatoms. The number of methoxy groups -OCH3 is 2. The van der Waals surface area contributed by atoms with Crippen LogP contribution in [-0.4, -0.2) is 31.0 Å². The predicted octanol–water partition coefficient (Wildman–Crippen LogP) is 1.12. The molecule has 1 aromatic rings. The Bertz CT molecular complexity index is 336. The summed E-state index contributed by atoms with van der Waals surface area (Å²) in [4.78, 5) is 0. The molecule has 2 N–H and O–H groups in total. The first kappa shape index (κ1) is 12.8. The van der Waals surface area contributed by atoms with E-state index in [1.54, 1.807) is 14.2 Å². The van der Waals surface area contributed by atoms with Crippen LogP contribution in [0.1, 0.15) is 17.5 Å². The summed E-state index contributed by atoms with van der Waals surface area (Å²) in [5.41, 5.74) is 1.71. The molecule has 0 amide bonds. The van der Waals surface area contributed by atoms with E-state index in [2.05, 4.69) is 0 Å². The van der Waals surface area contributed by atoms with Gasteiger partial charge in [-0.2, -0.15) is 0 Å². The van der Waals surface area contributed by atoms with Gasteiger partial charge in [-0.3, -0.25) is 0 Å². The van der Waals surface area contributed by atoms with E-state index in [4.69, 9.17) is 14.6 Å². The van der Waals surface area contributed by atoms with Crippen molar-refractivity contribution in [2.24, 2.45) is 0 Å². The Hall–Kier alpha value is -1.26. The van der Waals surface area contributed by atoms with Gasteiger partial charge < -0.3 is 19.7 Å². The fourth-order valence-corrected chi connectivity index (χ4v) is 1.71. The predicted molar refractivity (Wildman–Crippen MR) is 60.9 cm³/mol. The summed E-state index contributed by atoms with van der Waals surface area (Å²) in [6.45, 7) is 0.0420. The van der Waals surface area contributed by atoms with Gasteiger partial charge in [-0.15, -0.1) is 0 Å². The zero-order valence-corrected chi connectivity index (χ0v) is 9.69. The summed E-state index contributed by atoms with van der Waals surface area (Å²) in [6, 6.07) is 3.70. The van der Waals surface area contributed by atoms with E-state index in [1.807, 2.05) is 12.1 Å². The molecule has 0 aromatic heterocycles. The molecule has 0 unspecified atom stereocenters. The fraction of sp³-hybridized carbons (Fsp3) is 0.500. The molecule has 16 heavy (non-hydrogen) atoms. The number of benzene rings is 1. The molecule has 90 valence electrons. The molecule has 4 nitrogen and oxygen atoms in total. The Kier molecular flexibility index (Phi) is 5.08. The molecule has 1 aromatic carbocycles. The Morgan fingerprint density at radius 2 is 1.88 bits per heavy atom. The molecular weight excluding hydrogens is 208 g/mol. The fourth-order valence-electron chi connectivity index (χ4n) is 1.71. The molecule has 0 spiro atoms. The molecule has 0 saturated heterocycles. The summed E-state index contributed by atoms with van der Waals surface area (Å²) in [5.74, 6) is 1.18. The second-order valence-corrected chi connectivity index (χ2v) is 3.42. The van der Waals surface area contributed by atoms with Gasteiger partial charge in [0.25, 0.3) is 0 Å². The van der Waals surface area contributed by atoms with E-state index in [1.165, 1.54) is 0 Å². The monoisotopic (exact) mass is 226 g/mol. The van der Waals surface area contributed by atoms with Crippen LogP contribution in [0, 0.1) is 0 Å². The van der Waals surface area contributed by atoms with E-state index >= 15 is 0 Å². The molecule has 0 saturated carbocycles. The van der Waals surface area contributed by atoms with Crippen molar-refractivity contribution in [2.45, 2.75) is 19.4 Å². The van der Waals surface area contributed by atoms with E-state index in [0.717, 1.165) is 11.1 Å². The van der Waals surface area contributed by atoms with Gasteiger partial charge in [0.15, 0.2) is 11.5 Å². The number of rotatable bonds is 6. The van der Waals surface area contributed by atoms with Crippen molar-refractivity contribution in [3.8, 4) is 11.5 Å². The Balaban J connectivity index is 3.10. The third-order valence-electron chi connectivity index (χ3n) is 2.51. The smallest absolute Gasteiger partial charge is 0.166 e. The lowest BCUT2D eigenvalue weighted by atomic mass is 10.0. The minimum Gasteiger partial charge on any atom is -0.493 e. The topological polar surface area (TPSA) is 58.9 Å². The highest BCUT2D eigenvalue weighted by atomic mass is 16.5. The van der Waals surface area contributed by atoms with Crippen molar-refractivity contribution in [3.63, 3.8) is 0 Å². The van der Waals surface area contributed by atoms with Crippen molar-refractivity contribution in [1.82, 2.24) is 0 Å². The maximum Gasteiger partial charge on any atom is 0.166 e. The van der Waals surface area contributed by atoms with Crippen LogP contribution in [0.2, 0.25) is 0 Å². The van der Waals surface area contributed by atoms with Gasteiger partial charge >= 0.3 is 0 Å². The molecule has 0 aliphatic carbocycles. The van der Waals surface area contributed by atoms with E-state index < -0.39 is 0 Å². The third-order valence-corrected chi connectivity index (χ3v) is 2.51. The zero-order valence-electron chi connectivity index (χ0n) is 9.69. The summed E-state index contributed by atoms with van der Waals surface area (Å²) in [5, 5.41) is 18.2. The second-order valence-electron chi connectivity index (χ2n) is 3.42. The van der Waals surface area contributed by atoms with Crippen LogP contribution in [0.5, 0.6) is 11.5 Å². The van der Waals surface area contributed by atoms with Gasteiger partial charge in [0, 0.05) is 12.2 Å². The van der Waals surface area contributed by atoms with Crippen molar-refractivity contribution in [2.75, 3.05) is 20.8 Å². The van der Waals surface area contributed by atoms with Gasteiger partial charge in [-0.05, 0) is 24.5 Å². The molecule has 0 heterocycles. The second kappa shape index (κ2) is 6.35. The van der Waals surface area contributed by atoms with Crippen LogP contribution >= 0.6 is 0 Å². The van der Waals surface area contributed by atoms with Gasteiger partial charge in [0.05, 0.1) is 20.8 Å². The lowest BCUT2D eigenvalue weighted by Crippen LogP contribution is -2.02. The highest BCUT2D eigenvalue weighted by Gasteiger charge is 2.13. The van der Waals surface area contributed by atoms with E-state index in [9.17, 15) is 5.11 Å². The summed E-state index contributed by atoms with van der Waals surface area (Å²) in [7, 11) is 3.11. The lowest BCUT2D eigenvalue weighted by molar-refractivity contribution is 0.266. The van der Waals surface area contributed by atoms with Crippen LogP contribution in [0.3, 0.4) is 0 Å².